The van der Waals surface area contributed by atoms with Crippen LogP contribution in [0.15, 0.2) is 54.9 Å². The number of aromatic nitrogens is 1. The summed E-state index contributed by atoms with van der Waals surface area (Å²) in [5.41, 5.74) is 2.51. The van der Waals surface area contributed by atoms with E-state index in [1.165, 1.54) is 11.8 Å². The summed E-state index contributed by atoms with van der Waals surface area (Å²) in [6, 6.07) is 14.6. The van der Waals surface area contributed by atoms with E-state index in [0.717, 1.165) is 50.9 Å². The van der Waals surface area contributed by atoms with Crippen LogP contribution in [-0.4, -0.2) is 51.5 Å². The number of piperidine rings is 1. The van der Waals surface area contributed by atoms with Crippen LogP contribution in [0.4, 0.5) is 5.69 Å². The third-order valence-corrected chi connectivity index (χ3v) is 7.33. The minimum absolute atomic E-state index is 0.0939. The summed E-state index contributed by atoms with van der Waals surface area (Å²) in [5, 5.41) is 0. The third kappa shape index (κ3) is 6.28. The largest absolute Gasteiger partial charge is 0.378 e. The maximum absolute atomic E-state index is 11.9. The Balaban J connectivity index is 1.34. The lowest BCUT2D eigenvalue weighted by atomic mass is 9.82. The Labute approximate surface area is 186 Å². The fourth-order valence-electron chi connectivity index (χ4n) is 4.95. The van der Waals surface area contributed by atoms with Gasteiger partial charge in [-0.3, -0.25) is 4.98 Å². The fraction of sp³-hybridized carbons (Fsp3) is 0.542. The summed E-state index contributed by atoms with van der Waals surface area (Å²) in [7, 11) is -3.26. The molecule has 0 unspecified atom stereocenters. The van der Waals surface area contributed by atoms with Crippen molar-refractivity contribution in [1.29, 1.82) is 0 Å². The fourth-order valence-corrected chi connectivity index (χ4v) is 5.81. The molecular formula is C24H33N3O3S. The summed E-state index contributed by atoms with van der Waals surface area (Å²) >= 11 is 0. The molecule has 2 atom stereocenters. The molecule has 0 spiro atoms. The van der Waals surface area contributed by atoms with Gasteiger partial charge in [-0.05, 0) is 55.7 Å². The van der Waals surface area contributed by atoms with E-state index in [4.69, 9.17) is 4.74 Å². The second-order valence-corrected chi connectivity index (χ2v) is 10.7. The molecule has 6 nitrogen and oxygen atoms in total. The Bertz CT molecular complexity index is 916. The molecule has 2 heterocycles. The molecule has 1 aliphatic heterocycles. The average molecular weight is 444 g/mol. The first-order chi connectivity index (χ1) is 15.0. The number of benzene rings is 1. The van der Waals surface area contributed by atoms with Gasteiger partial charge in [-0.25, -0.2) is 13.1 Å². The van der Waals surface area contributed by atoms with Crippen LogP contribution in [0, 0.1) is 5.92 Å². The first kappa shape index (κ1) is 22.2. The van der Waals surface area contributed by atoms with E-state index in [-0.39, 0.29) is 18.1 Å². The molecular weight excluding hydrogens is 410 g/mol. The highest BCUT2D eigenvalue weighted by Crippen LogP contribution is 2.34. The lowest BCUT2D eigenvalue weighted by Crippen LogP contribution is -2.52. The SMILES string of the molecule is CS(=O)(=O)N[C@H]1CCN(c2cccnc2)C[C@H]1CO[C@H]1CC[C@@H](c2ccccc2)CC1. The van der Waals surface area contributed by atoms with E-state index in [2.05, 4.69) is 51.0 Å². The third-order valence-electron chi connectivity index (χ3n) is 6.60. The normalized spacial score (nSPS) is 27.2. The molecule has 7 heteroatoms. The van der Waals surface area contributed by atoms with Crippen LogP contribution in [0.1, 0.15) is 43.6 Å². The lowest BCUT2D eigenvalue weighted by molar-refractivity contribution is -0.00210. The second-order valence-electron chi connectivity index (χ2n) is 8.92. The zero-order valence-electron chi connectivity index (χ0n) is 18.2. The number of hydrogen-bond donors (Lipinski definition) is 1. The van der Waals surface area contributed by atoms with E-state index in [9.17, 15) is 8.42 Å². The van der Waals surface area contributed by atoms with Gasteiger partial charge in [-0.2, -0.15) is 0 Å². The maximum Gasteiger partial charge on any atom is 0.208 e. The van der Waals surface area contributed by atoms with Crippen LogP contribution in [0.25, 0.3) is 0 Å². The van der Waals surface area contributed by atoms with Crippen molar-refractivity contribution in [3.8, 4) is 0 Å². The molecule has 1 aromatic carbocycles. The monoisotopic (exact) mass is 443 g/mol. The highest BCUT2D eigenvalue weighted by molar-refractivity contribution is 7.88. The van der Waals surface area contributed by atoms with Crippen LogP contribution in [0.3, 0.4) is 0 Å². The van der Waals surface area contributed by atoms with Crippen LogP contribution in [0.2, 0.25) is 0 Å². The predicted molar refractivity (Wildman–Crippen MR) is 124 cm³/mol. The van der Waals surface area contributed by atoms with Crippen molar-refractivity contribution >= 4 is 15.7 Å². The van der Waals surface area contributed by atoms with Crippen LogP contribution in [0.5, 0.6) is 0 Å². The summed E-state index contributed by atoms with van der Waals surface area (Å²) in [6.07, 6.45) is 10.3. The van der Waals surface area contributed by atoms with Gasteiger partial charge in [0, 0.05) is 31.2 Å². The molecule has 31 heavy (non-hydrogen) atoms. The van der Waals surface area contributed by atoms with E-state index in [1.807, 2.05) is 12.3 Å². The first-order valence-electron chi connectivity index (χ1n) is 11.3. The average Bonchev–Trinajstić information content (AvgIpc) is 2.79. The minimum Gasteiger partial charge on any atom is -0.378 e. The summed E-state index contributed by atoms with van der Waals surface area (Å²) < 4.78 is 33.0. The summed E-state index contributed by atoms with van der Waals surface area (Å²) in [6.45, 7) is 2.14. The number of ether oxygens (including phenoxy) is 1. The van der Waals surface area contributed by atoms with E-state index in [1.54, 1.807) is 6.20 Å². The molecule has 2 aliphatic rings. The summed E-state index contributed by atoms with van der Waals surface area (Å²) in [5.74, 6) is 0.729. The number of sulfonamides is 1. The zero-order valence-corrected chi connectivity index (χ0v) is 19.0. The number of pyridine rings is 1. The van der Waals surface area contributed by atoms with E-state index in [0.29, 0.717) is 12.5 Å². The van der Waals surface area contributed by atoms with Gasteiger partial charge >= 0.3 is 0 Å². The van der Waals surface area contributed by atoms with Crippen molar-refractivity contribution in [2.75, 3.05) is 30.9 Å². The van der Waals surface area contributed by atoms with Gasteiger partial charge in [0.15, 0.2) is 0 Å². The Morgan fingerprint density at radius 2 is 1.84 bits per heavy atom. The van der Waals surface area contributed by atoms with Gasteiger partial charge in [0.05, 0.1) is 30.9 Å². The Morgan fingerprint density at radius 1 is 1.06 bits per heavy atom. The molecule has 1 aliphatic carbocycles. The van der Waals surface area contributed by atoms with Crippen molar-refractivity contribution in [2.45, 2.75) is 50.2 Å². The van der Waals surface area contributed by atoms with Crippen LogP contribution >= 0.6 is 0 Å². The lowest BCUT2D eigenvalue weighted by Gasteiger charge is -2.40. The molecule has 0 radical (unpaired) electrons. The molecule has 2 aromatic rings. The second kappa shape index (κ2) is 10.1. The smallest absolute Gasteiger partial charge is 0.208 e. The van der Waals surface area contributed by atoms with Gasteiger partial charge in [-0.15, -0.1) is 0 Å². The standard InChI is InChI=1S/C24H33N3O3S/c1-31(28,29)26-24-13-15-27(22-8-5-14-25-16-22)17-21(24)18-30-23-11-9-20(10-12-23)19-6-3-2-4-7-19/h2-8,14,16,20-21,23-24,26H,9-13,15,17-18H2,1H3/t20-,21-,23+,24-/m0/s1. The number of nitrogens with zero attached hydrogens (tertiary/aromatic N) is 2. The van der Waals surface area contributed by atoms with Crippen LogP contribution < -0.4 is 9.62 Å². The van der Waals surface area contributed by atoms with E-state index >= 15 is 0 Å². The molecule has 2 fully saturated rings. The Hall–Kier alpha value is -1.96. The highest BCUT2D eigenvalue weighted by Gasteiger charge is 2.33. The number of hydrogen-bond acceptors (Lipinski definition) is 5. The molecule has 1 N–H and O–H groups in total. The Kier molecular flexibility index (Phi) is 7.25. The van der Waals surface area contributed by atoms with Crippen molar-refractivity contribution in [2.24, 2.45) is 5.92 Å². The van der Waals surface area contributed by atoms with E-state index < -0.39 is 10.0 Å². The van der Waals surface area contributed by atoms with Crippen LogP contribution in [-0.2, 0) is 14.8 Å². The predicted octanol–water partition coefficient (Wildman–Crippen LogP) is 3.57. The maximum atomic E-state index is 11.9. The summed E-state index contributed by atoms with van der Waals surface area (Å²) in [4.78, 5) is 6.52. The minimum atomic E-state index is -3.26. The zero-order chi connectivity index (χ0) is 21.7. The highest BCUT2D eigenvalue weighted by atomic mass is 32.2. The molecule has 4 rings (SSSR count). The van der Waals surface area contributed by atoms with Crippen molar-refractivity contribution in [3.63, 3.8) is 0 Å². The molecule has 1 saturated carbocycles. The van der Waals surface area contributed by atoms with Gasteiger partial charge in [0.1, 0.15) is 0 Å². The van der Waals surface area contributed by atoms with Gasteiger partial charge in [0.25, 0.3) is 0 Å². The molecule has 1 saturated heterocycles. The van der Waals surface area contributed by atoms with Crippen molar-refractivity contribution < 1.29 is 13.2 Å². The molecule has 1 aromatic heterocycles. The first-order valence-corrected chi connectivity index (χ1v) is 13.2. The van der Waals surface area contributed by atoms with Gasteiger partial charge < -0.3 is 9.64 Å². The number of anilines is 1. The topological polar surface area (TPSA) is 71.5 Å². The number of nitrogens with one attached hydrogen (secondary N) is 1. The Morgan fingerprint density at radius 3 is 2.52 bits per heavy atom. The van der Waals surface area contributed by atoms with Crippen molar-refractivity contribution in [1.82, 2.24) is 9.71 Å². The molecule has 0 bridgehead atoms. The van der Waals surface area contributed by atoms with Gasteiger partial charge in [-0.1, -0.05) is 30.3 Å². The molecule has 0 amide bonds. The van der Waals surface area contributed by atoms with Gasteiger partial charge in [0.2, 0.25) is 10.0 Å². The molecule has 168 valence electrons. The number of rotatable bonds is 7. The quantitative estimate of drug-likeness (QED) is 0.708. The van der Waals surface area contributed by atoms with Crippen molar-refractivity contribution in [3.05, 3.63) is 60.4 Å².